The van der Waals surface area contributed by atoms with Gasteiger partial charge in [-0.25, -0.2) is 4.79 Å². The van der Waals surface area contributed by atoms with Gasteiger partial charge < -0.3 is 10.4 Å². The average Bonchev–Trinajstić information content (AvgIpc) is 2.33. The summed E-state index contributed by atoms with van der Waals surface area (Å²) in [5, 5.41) is 10.1. The number of carboxylic acids is 1. The van der Waals surface area contributed by atoms with Crippen molar-refractivity contribution in [2.75, 3.05) is 0 Å². The van der Waals surface area contributed by atoms with E-state index in [4.69, 9.17) is 9.66 Å². The Balaban J connectivity index is 3.14. The van der Waals surface area contributed by atoms with Gasteiger partial charge >= 0.3 is 18.1 Å². The molecule has 1 rings (SSSR count). The van der Waals surface area contributed by atoms with Crippen LogP contribution in [0, 0.1) is 0 Å². The van der Waals surface area contributed by atoms with Gasteiger partial charge in [0, 0.05) is 6.54 Å². The van der Waals surface area contributed by atoms with Gasteiger partial charge in [-0.1, -0.05) is 6.07 Å². The van der Waals surface area contributed by atoms with Gasteiger partial charge in [0.05, 0.1) is 10.5 Å². The molecule has 0 aliphatic carbocycles. The second-order valence-corrected chi connectivity index (χ2v) is 5.17. The Labute approximate surface area is 116 Å². The van der Waals surface area contributed by atoms with Crippen LogP contribution in [0.2, 0.25) is 0 Å². The quantitative estimate of drug-likeness (QED) is 0.704. The van der Waals surface area contributed by atoms with Crippen LogP contribution in [0.5, 0.6) is 0 Å². The second kappa shape index (κ2) is 5.69. The third-order valence-electron chi connectivity index (χ3n) is 2.29. The molecular formula is C10H8F3NO6S. The number of carboxylic acid groups (broad SMARTS) is 1. The van der Waals surface area contributed by atoms with Gasteiger partial charge in [-0.05, 0) is 17.7 Å². The molecule has 1 aromatic rings. The van der Waals surface area contributed by atoms with E-state index < -0.39 is 45.2 Å². The van der Waals surface area contributed by atoms with Gasteiger partial charge in [0.15, 0.2) is 0 Å². The number of aromatic carboxylic acids is 1. The van der Waals surface area contributed by atoms with Gasteiger partial charge in [-0.15, -0.1) is 0 Å². The fourth-order valence-electron chi connectivity index (χ4n) is 1.35. The molecule has 0 spiro atoms. The van der Waals surface area contributed by atoms with Crippen molar-refractivity contribution in [3.63, 3.8) is 0 Å². The van der Waals surface area contributed by atoms with Crippen molar-refractivity contribution in [3.05, 3.63) is 29.3 Å². The minimum atomic E-state index is -5.15. The minimum Gasteiger partial charge on any atom is -0.478 e. The molecule has 0 unspecified atom stereocenters. The van der Waals surface area contributed by atoms with E-state index in [-0.39, 0.29) is 5.56 Å². The zero-order chi connectivity index (χ0) is 16.4. The Morgan fingerprint density at radius 3 is 2.24 bits per heavy atom. The van der Waals surface area contributed by atoms with Gasteiger partial charge in [0.25, 0.3) is 10.1 Å². The number of nitrogens with one attached hydrogen (secondary N) is 1. The third kappa shape index (κ3) is 4.43. The first-order valence-electron chi connectivity index (χ1n) is 5.11. The summed E-state index contributed by atoms with van der Waals surface area (Å²) >= 11 is 0. The second-order valence-electron chi connectivity index (χ2n) is 3.78. The summed E-state index contributed by atoms with van der Waals surface area (Å²) in [4.78, 5) is 20.4. The molecule has 0 aliphatic rings. The highest BCUT2D eigenvalue weighted by molar-refractivity contribution is 7.85. The Hall–Kier alpha value is -2.14. The first-order chi connectivity index (χ1) is 9.43. The lowest BCUT2D eigenvalue weighted by atomic mass is 10.1. The molecule has 1 amide bonds. The third-order valence-corrected chi connectivity index (χ3v) is 3.22. The summed E-state index contributed by atoms with van der Waals surface area (Å²) in [5.41, 5.74) is -0.881. The van der Waals surface area contributed by atoms with Crippen LogP contribution in [-0.4, -0.2) is 36.1 Å². The SMILES string of the molecule is O=C(O)c1ccc(CNC(=O)C(F)(F)F)c(S(=O)(=O)O)c1. The minimum absolute atomic E-state index is 0.389. The maximum atomic E-state index is 12.0. The van der Waals surface area contributed by atoms with E-state index in [0.29, 0.717) is 6.07 Å². The van der Waals surface area contributed by atoms with E-state index in [1.807, 2.05) is 0 Å². The number of carbonyl (C=O) groups is 2. The molecule has 21 heavy (non-hydrogen) atoms. The highest BCUT2D eigenvalue weighted by Crippen LogP contribution is 2.19. The maximum absolute atomic E-state index is 12.0. The van der Waals surface area contributed by atoms with E-state index in [2.05, 4.69) is 0 Å². The number of rotatable bonds is 4. The van der Waals surface area contributed by atoms with Crippen molar-refractivity contribution in [3.8, 4) is 0 Å². The van der Waals surface area contributed by atoms with Crippen LogP contribution in [0.15, 0.2) is 23.1 Å². The van der Waals surface area contributed by atoms with Crippen LogP contribution in [0.4, 0.5) is 13.2 Å². The Kier molecular flexibility index (Phi) is 4.59. The van der Waals surface area contributed by atoms with Gasteiger partial charge in [0.1, 0.15) is 0 Å². The number of hydrogen-bond donors (Lipinski definition) is 3. The number of benzene rings is 1. The van der Waals surface area contributed by atoms with Crippen LogP contribution >= 0.6 is 0 Å². The summed E-state index contributed by atoms with van der Waals surface area (Å²) < 4.78 is 67.1. The fraction of sp³-hybridized carbons (Fsp3) is 0.200. The highest BCUT2D eigenvalue weighted by Gasteiger charge is 2.38. The predicted molar refractivity (Wildman–Crippen MR) is 61.1 cm³/mol. The highest BCUT2D eigenvalue weighted by atomic mass is 32.2. The molecule has 0 saturated carbocycles. The molecule has 11 heteroatoms. The first kappa shape index (κ1) is 16.9. The van der Waals surface area contributed by atoms with E-state index in [1.54, 1.807) is 0 Å². The molecular weight excluding hydrogens is 319 g/mol. The molecule has 0 radical (unpaired) electrons. The van der Waals surface area contributed by atoms with Crippen molar-refractivity contribution in [1.29, 1.82) is 0 Å². The molecule has 0 fully saturated rings. The topological polar surface area (TPSA) is 121 Å². The number of alkyl halides is 3. The van der Waals surface area contributed by atoms with Crippen LogP contribution in [0.1, 0.15) is 15.9 Å². The Morgan fingerprint density at radius 1 is 1.24 bits per heavy atom. The van der Waals surface area contributed by atoms with E-state index in [1.165, 1.54) is 5.32 Å². The van der Waals surface area contributed by atoms with Crippen molar-refractivity contribution in [2.24, 2.45) is 0 Å². The van der Waals surface area contributed by atoms with Crippen molar-refractivity contribution in [1.82, 2.24) is 5.32 Å². The molecule has 116 valence electrons. The van der Waals surface area contributed by atoms with E-state index in [9.17, 15) is 31.2 Å². The monoisotopic (exact) mass is 327 g/mol. The lowest BCUT2D eigenvalue weighted by Gasteiger charge is -2.11. The Bertz CT molecular complexity index is 683. The molecule has 1 aromatic carbocycles. The summed E-state index contributed by atoms with van der Waals surface area (Å²) in [6.07, 6.45) is -5.15. The number of halogens is 3. The molecule has 7 nitrogen and oxygen atoms in total. The van der Waals surface area contributed by atoms with Crippen LogP contribution in [-0.2, 0) is 21.5 Å². The van der Waals surface area contributed by atoms with Gasteiger partial charge in [-0.2, -0.15) is 21.6 Å². The van der Waals surface area contributed by atoms with Gasteiger partial charge in [0.2, 0.25) is 0 Å². The summed E-state index contributed by atoms with van der Waals surface area (Å²) in [5.74, 6) is -3.79. The smallest absolute Gasteiger partial charge is 0.471 e. The van der Waals surface area contributed by atoms with Gasteiger partial charge in [-0.3, -0.25) is 9.35 Å². The fourth-order valence-corrected chi connectivity index (χ4v) is 2.10. The zero-order valence-electron chi connectivity index (χ0n) is 10.0. The molecule has 0 saturated heterocycles. The van der Waals surface area contributed by atoms with Crippen LogP contribution < -0.4 is 5.32 Å². The molecule has 0 aromatic heterocycles. The Morgan fingerprint density at radius 2 is 1.81 bits per heavy atom. The summed E-state index contributed by atoms with van der Waals surface area (Å²) in [6, 6.07) is 2.38. The average molecular weight is 327 g/mol. The van der Waals surface area contributed by atoms with E-state index >= 15 is 0 Å². The van der Waals surface area contributed by atoms with Crippen molar-refractivity contribution < 1.29 is 40.8 Å². The molecule has 3 N–H and O–H groups in total. The molecule has 0 heterocycles. The van der Waals surface area contributed by atoms with Crippen molar-refractivity contribution in [2.45, 2.75) is 17.6 Å². The lowest BCUT2D eigenvalue weighted by molar-refractivity contribution is -0.173. The lowest BCUT2D eigenvalue weighted by Crippen LogP contribution is -2.36. The molecule has 0 bridgehead atoms. The largest absolute Gasteiger partial charge is 0.478 e. The number of carbonyl (C=O) groups excluding carboxylic acids is 1. The van der Waals surface area contributed by atoms with Crippen molar-refractivity contribution >= 4 is 22.0 Å². The number of amides is 1. The van der Waals surface area contributed by atoms with E-state index in [0.717, 1.165) is 12.1 Å². The maximum Gasteiger partial charge on any atom is 0.471 e. The number of hydrogen-bond acceptors (Lipinski definition) is 4. The normalized spacial score (nSPS) is 12.0. The van der Waals surface area contributed by atoms with Crippen LogP contribution in [0.25, 0.3) is 0 Å². The molecule has 0 aliphatic heterocycles. The standard InChI is InChI=1S/C10H8F3NO6S/c11-10(12,13)9(17)14-4-6-2-1-5(8(15)16)3-7(6)21(18,19)20/h1-3H,4H2,(H,14,17)(H,15,16)(H,18,19,20). The zero-order valence-corrected chi connectivity index (χ0v) is 10.8. The predicted octanol–water partition coefficient (Wildman–Crippen LogP) is 0.810. The summed E-state index contributed by atoms with van der Waals surface area (Å²) in [7, 11) is -4.87. The molecule has 0 atom stereocenters. The summed E-state index contributed by atoms with van der Waals surface area (Å²) in [6.45, 7) is -0.854. The van der Waals surface area contributed by atoms with Crippen LogP contribution in [0.3, 0.4) is 0 Å². The first-order valence-corrected chi connectivity index (χ1v) is 6.55.